The quantitative estimate of drug-likeness (QED) is 0.0104. The molecule has 1 saturated heterocycles. The molecule has 3 aliphatic rings. The molecule has 0 aromatic rings. The van der Waals surface area contributed by atoms with Crippen molar-refractivity contribution in [3.05, 3.63) is 58.1 Å². The van der Waals surface area contributed by atoms with E-state index in [-0.39, 0.29) is 6.17 Å². The average Bonchev–Trinajstić information content (AvgIpc) is 4.06. The lowest BCUT2D eigenvalue weighted by molar-refractivity contribution is 0.117. The largest absolute Gasteiger partial charge is 0.388 e. The van der Waals surface area contributed by atoms with Gasteiger partial charge in [-0.05, 0) is 111 Å². The van der Waals surface area contributed by atoms with Crippen molar-refractivity contribution in [3.63, 3.8) is 0 Å². The second kappa shape index (κ2) is 31.7. The van der Waals surface area contributed by atoms with E-state index < -0.39 is 43.2 Å². The Labute approximate surface area is 375 Å². The number of hydrogen-bond acceptors (Lipinski definition) is 15. The zero-order chi connectivity index (χ0) is 44.4. The maximum absolute atomic E-state index is 11.5. The van der Waals surface area contributed by atoms with Crippen molar-refractivity contribution in [2.45, 2.75) is 192 Å². The minimum atomic E-state index is -1.13. The average molecular weight is 897 g/mol. The maximum Gasteiger partial charge on any atom is 0.137 e. The monoisotopic (exact) mass is 897 g/mol. The van der Waals surface area contributed by atoms with Crippen LogP contribution in [0.2, 0.25) is 0 Å². The highest BCUT2D eigenvalue weighted by Crippen LogP contribution is 2.35. The fourth-order valence-electron chi connectivity index (χ4n) is 8.42. The highest BCUT2D eigenvalue weighted by Gasteiger charge is 2.25. The lowest BCUT2D eigenvalue weighted by Crippen LogP contribution is -2.34. The van der Waals surface area contributed by atoms with Crippen molar-refractivity contribution in [1.82, 2.24) is 21.5 Å². The van der Waals surface area contributed by atoms with Crippen LogP contribution in [0.4, 0.5) is 0 Å². The fourth-order valence-corrected chi connectivity index (χ4v) is 10.7. The third kappa shape index (κ3) is 24.7. The van der Waals surface area contributed by atoms with E-state index in [9.17, 15) is 35.7 Å². The maximum atomic E-state index is 11.5. The van der Waals surface area contributed by atoms with Gasteiger partial charge in [0, 0.05) is 17.1 Å². The van der Waals surface area contributed by atoms with E-state index >= 15 is 0 Å². The Bertz CT molecular complexity index is 1340. The first-order valence-electron chi connectivity index (χ1n) is 23.4. The highest BCUT2D eigenvalue weighted by atomic mass is 33.1. The standard InChI is InChI=1S/C46H84N6O7S2/c1-3-14-34(26-36(29-43-51-52-43)40(55)28-37(45(48)58)25-33-16-6-4-7-17-33)27-39(54)31-60-61-41(46(59)50-24-13-22-44(57)49-23-12-21-42(47)56)30-38(53)20-11-10-15-32(2)35-18-8-5-9-19-35/h11,20,26-28,30,32-33,35,38-40,42-46,49-59H,3-10,12-19,21-25,29,31,47-48H2,1-2H3. The molecule has 61 heavy (non-hydrogen) atoms. The molecule has 3 rings (SSSR count). The number of nitrogens with one attached hydrogen (secondary N) is 4. The Hall–Kier alpha value is -1.12. The zero-order valence-electron chi connectivity index (χ0n) is 37.2. The van der Waals surface area contributed by atoms with Gasteiger partial charge < -0.3 is 47.2 Å². The summed E-state index contributed by atoms with van der Waals surface area (Å²) in [6, 6.07) is 0. The second-order valence-electron chi connectivity index (χ2n) is 17.6. The van der Waals surface area contributed by atoms with Crippen LogP contribution in [0.1, 0.15) is 142 Å². The number of rotatable bonds is 32. The fraction of sp³-hybridized carbons (Fsp3) is 0.783. The molecule has 2 aliphatic carbocycles. The third-order valence-corrected chi connectivity index (χ3v) is 14.6. The first-order chi connectivity index (χ1) is 29.3. The molecule has 2 saturated carbocycles. The topological polar surface area (TPSA) is 262 Å². The lowest BCUT2D eigenvalue weighted by Gasteiger charge is -2.27. The molecule has 1 aliphatic heterocycles. The van der Waals surface area contributed by atoms with Crippen LogP contribution >= 0.6 is 21.6 Å². The summed E-state index contributed by atoms with van der Waals surface area (Å²) in [7, 11) is 2.68. The van der Waals surface area contributed by atoms with Crippen LogP contribution in [-0.4, -0.2) is 104 Å². The van der Waals surface area contributed by atoms with Crippen LogP contribution < -0.4 is 33.0 Å². The number of aliphatic hydroxyl groups excluding tert-OH is 7. The van der Waals surface area contributed by atoms with Crippen molar-refractivity contribution in [2.75, 3.05) is 18.8 Å². The molecule has 0 aromatic heterocycles. The summed E-state index contributed by atoms with van der Waals surface area (Å²) in [4.78, 5) is 0.523. The number of nitrogens with two attached hydrogens (primary N) is 2. The Morgan fingerprint density at radius 3 is 2.11 bits per heavy atom. The Morgan fingerprint density at radius 1 is 0.787 bits per heavy atom. The van der Waals surface area contributed by atoms with Gasteiger partial charge in [-0.2, -0.15) is 0 Å². The summed E-state index contributed by atoms with van der Waals surface area (Å²) in [6.45, 7) is 5.37. The van der Waals surface area contributed by atoms with Crippen molar-refractivity contribution in [3.8, 4) is 0 Å². The molecular weight excluding hydrogens is 813 g/mol. The van der Waals surface area contributed by atoms with Gasteiger partial charge in [0.05, 0.1) is 24.5 Å². The summed E-state index contributed by atoms with van der Waals surface area (Å²) < 4.78 is 0. The summed E-state index contributed by atoms with van der Waals surface area (Å²) in [5.74, 6) is 2.22. The second-order valence-corrected chi connectivity index (χ2v) is 20.1. The minimum absolute atomic E-state index is 0.0308. The molecule has 0 spiro atoms. The molecule has 352 valence electrons. The summed E-state index contributed by atoms with van der Waals surface area (Å²) >= 11 is 0. The normalized spacial score (nSPS) is 22.3. The third-order valence-electron chi connectivity index (χ3n) is 12.1. The summed E-state index contributed by atoms with van der Waals surface area (Å²) in [5.41, 5.74) is 19.9. The van der Waals surface area contributed by atoms with E-state index in [2.05, 4.69) is 35.3 Å². The zero-order valence-corrected chi connectivity index (χ0v) is 38.8. The summed E-state index contributed by atoms with van der Waals surface area (Å²) in [5, 5.41) is 81.0. The Balaban J connectivity index is 1.65. The molecule has 15 heteroatoms. The molecule has 3 fully saturated rings. The SMILES string of the molecule is CCCC(=CC(O)CSSC(=CC(O)C=CCCC(C)C1CCCCC1)C(O)NCCCC(O)NCCCC(N)O)C=C(CC1NN1)C(O)C=C(CC1CCCCC1)C(N)O. The number of allylic oxidation sites excluding steroid dienone is 3. The van der Waals surface area contributed by atoms with Gasteiger partial charge in [0.15, 0.2) is 0 Å². The highest BCUT2D eigenvalue weighted by molar-refractivity contribution is 8.78. The van der Waals surface area contributed by atoms with E-state index in [4.69, 9.17) is 11.5 Å². The molecule has 13 nitrogen and oxygen atoms in total. The molecule has 8 unspecified atom stereocenters. The molecule has 8 atom stereocenters. The van der Waals surface area contributed by atoms with Crippen LogP contribution in [0.15, 0.2) is 58.1 Å². The van der Waals surface area contributed by atoms with Crippen LogP contribution in [0.3, 0.4) is 0 Å². The van der Waals surface area contributed by atoms with Crippen LogP contribution in [-0.2, 0) is 0 Å². The van der Waals surface area contributed by atoms with E-state index in [0.717, 1.165) is 49.2 Å². The smallest absolute Gasteiger partial charge is 0.137 e. The van der Waals surface area contributed by atoms with Gasteiger partial charge >= 0.3 is 0 Å². The van der Waals surface area contributed by atoms with Crippen LogP contribution in [0.5, 0.6) is 0 Å². The van der Waals surface area contributed by atoms with Crippen molar-refractivity contribution in [1.29, 1.82) is 0 Å². The molecular formula is C46H84N6O7S2. The predicted octanol–water partition coefficient (Wildman–Crippen LogP) is 5.19. The molecule has 0 radical (unpaired) electrons. The van der Waals surface area contributed by atoms with Crippen molar-refractivity contribution in [2.24, 2.45) is 29.2 Å². The van der Waals surface area contributed by atoms with Crippen molar-refractivity contribution >= 4 is 21.6 Å². The molecule has 15 N–H and O–H groups in total. The molecule has 0 bridgehead atoms. The van der Waals surface area contributed by atoms with E-state index in [0.29, 0.717) is 86.1 Å². The molecule has 0 amide bonds. The van der Waals surface area contributed by atoms with Gasteiger partial charge in [0.1, 0.15) is 24.9 Å². The number of aliphatic hydroxyl groups is 7. The first-order valence-corrected chi connectivity index (χ1v) is 25.7. The predicted molar refractivity (Wildman–Crippen MR) is 252 cm³/mol. The van der Waals surface area contributed by atoms with Gasteiger partial charge in [0.2, 0.25) is 0 Å². The van der Waals surface area contributed by atoms with Gasteiger partial charge in [-0.15, -0.1) is 0 Å². The lowest BCUT2D eigenvalue weighted by atomic mass is 9.79. The molecule has 1 heterocycles. The van der Waals surface area contributed by atoms with E-state index in [1.54, 1.807) is 18.2 Å². The van der Waals surface area contributed by atoms with Gasteiger partial charge in [-0.3, -0.25) is 10.6 Å². The molecule has 0 aromatic carbocycles. The number of hydrogen-bond donors (Lipinski definition) is 13. The summed E-state index contributed by atoms with van der Waals surface area (Å²) in [6.07, 6.45) is 23.8. The van der Waals surface area contributed by atoms with Crippen molar-refractivity contribution < 1.29 is 35.7 Å². The van der Waals surface area contributed by atoms with Gasteiger partial charge in [-0.1, -0.05) is 130 Å². The first kappa shape index (κ1) is 54.2. The van der Waals surface area contributed by atoms with E-state index in [1.165, 1.54) is 73.0 Å². The van der Waals surface area contributed by atoms with Crippen LogP contribution in [0, 0.1) is 17.8 Å². The Morgan fingerprint density at radius 2 is 1.46 bits per heavy atom. The van der Waals surface area contributed by atoms with Gasteiger partial charge in [0.25, 0.3) is 0 Å². The Kier molecular flexibility index (Phi) is 28.2. The van der Waals surface area contributed by atoms with Crippen LogP contribution in [0.25, 0.3) is 0 Å². The number of hydrazine groups is 1. The minimum Gasteiger partial charge on any atom is -0.388 e. The van der Waals surface area contributed by atoms with E-state index in [1.807, 2.05) is 18.2 Å². The van der Waals surface area contributed by atoms with Gasteiger partial charge in [-0.25, -0.2) is 10.9 Å².